The van der Waals surface area contributed by atoms with Crippen molar-refractivity contribution >= 4 is 11.9 Å². The molecule has 1 N–H and O–H groups in total. The molecule has 7 aliphatic rings. The van der Waals surface area contributed by atoms with E-state index in [0.29, 0.717) is 27.2 Å². The molecule has 4 saturated carbocycles. The number of hydrogen-bond acceptors (Lipinski definition) is 4. The Morgan fingerprint density at radius 3 is 2.34 bits per heavy atom. The minimum atomic E-state index is 0.303. The summed E-state index contributed by atoms with van der Waals surface area (Å²) in [5, 5.41) is 4.33. The lowest BCUT2D eigenvalue weighted by Gasteiger charge is -2.72. The molecule has 7 unspecified atom stereocenters. The SMILES string of the molecule is CSN1CCN(CCNC23CCC[C@@H]2C2CCC4C5(C)CC=C(C6=CCC(C)CC6)C(C)(C)C5CCC4(C)[C@]2(C)CC3)CC1. The molecule has 0 radical (unpaired) electrons. The lowest BCUT2D eigenvalue weighted by atomic mass is 9.33. The summed E-state index contributed by atoms with van der Waals surface area (Å²) in [4.78, 5) is 2.72. The molecular formula is C40H67N3S. The molecule has 0 aromatic heterocycles. The predicted octanol–water partition coefficient (Wildman–Crippen LogP) is 9.36. The molecule has 1 saturated heterocycles. The summed E-state index contributed by atoms with van der Waals surface area (Å²) < 4.78 is 2.53. The Morgan fingerprint density at radius 2 is 1.61 bits per heavy atom. The summed E-state index contributed by atoms with van der Waals surface area (Å²) in [6, 6.07) is 0. The molecule has 0 aromatic carbocycles. The Balaban J connectivity index is 1.08. The van der Waals surface area contributed by atoms with E-state index in [2.05, 4.69) is 74.5 Å². The number of fused-ring (bicyclic) bond motifs is 7. The lowest BCUT2D eigenvalue weighted by molar-refractivity contribution is -0.218. The summed E-state index contributed by atoms with van der Waals surface area (Å²) >= 11 is 1.92. The van der Waals surface area contributed by atoms with E-state index >= 15 is 0 Å². The Bertz CT molecular complexity index is 1140. The second-order valence-electron chi connectivity index (χ2n) is 18.4. The van der Waals surface area contributed by atoms with E-state index in [1.807, 2.05) is 11.9 Å². The third-order valence-corrected chi connectivity index (χ3v) is 17.3. The van der Waals surface area contributed by atoms with E-state index in [4.69, 9.17) is 0 Å². The van der Waals surface area contributed by atoms with Crippen molar-refractivity contribution in [2.45, 2.75) is 131 Å². The van der Waals surface area contributed by atoms with Gasteiger partial charge in [-0.3, -0.25) is 4.90 Å². The molecule has 248 valence electrons. The predicted molar refractivity (Wildman–Crippen MR) is 190 cm³/mol. The fraction of sp³-hybridized carbons (Fsp3) is 0.900. The Morgan fingerprint density at radius 1 is 0.818 bits per heavy atom. The molecule has 9 atom stereocenters. The summed E-state index contributed by atoms with van der Waals surface area (Å²) in [5.74, 6) is 4.37. The average Bonchev–Trinajstić information content (AvgIpc) is 3.42. The van der Waals surface area contributed by atoms with E-state index in [1.165, 1.54) is 123 Å². The molecule has 1 heterocycles. The first-order valence-corrected chi connectivity index (χ1v) is 20.3. The highest BCUT2D eigenvalue weighted by Crippen LogP contribution is 2.76. The van der Waals surface area contributed by atoms with Crippen molar-refractivity contribution in [2.24, 2.45) is 51.2 Å². The van der Waals surface area contributed by atoms with Gasteiger partial charge in [0, 0.05) is 44.8 Å². The molecule has 1 aliphatic heterocycles. The van der Waals surface area contributed by atoms with Gasteiger partial charge in [-0.25, -0.2) is 4.31 Å². The van der Waals surface area contributed by atoms with Crippen molar-refractivity contribution in [1.29, 1.82) is 0 Å². The molecule has 7 rings (SSSR count). The summed E-state index contributed by atoms with van der Waals surface area (Å²) in [6.07, 6.45) is 26.1. The molecule has 44 heavy (non-hydrogen) atoms. The first-order valence-electron chi connectivity index (χ1n) is 19.1. The highest BCUT2D eigenvalue weighted by Gasteiger charge is 2.69. The third-order valence-electron chi connectivity index (χ3n) is 16.5. The number of piperazine rings is 1. The van der Waals surface area contributed by atoms with Crippen LogP contribution in [0.5, 0.6) is 0 Å². The van der Waals surface area contributed by atoms with Crippen molar-refractivity contribution in [1.82, 2.24) is 14.5 Å². The maximum Gasteiger partial charge on any atom is 0.0218 e. The van der Waals surface area contributed by atoms with Crippen molar-refractivity contribution in [3.05, 3.63) is 23.3 Å². The number of nitrogens with one attached hydrogen (secondary N) is 1. The van der Waals surface area contributed by atoms with Crippen molar-refractivity contribution in [3.63, 3.8) is 0 Å². The van der Waals surface area contributed by atoms with Crippen LogP contribution in [0.1, 0.15) is 125 Å². The van der Waals surface area contributed by atoms with Crippen molar-refractivity contribution in [2.75, 3.05) is 45.5 Å². The van der Waals surface area contributed by atoms with Crippen LogP contribution >= 0.6 is 11.9 Å². The quantitative estimate of drug-likeness (QED) is 0.298. The molecule has 3 nitrogen and oxygen atoms in total. The van der Waals surface area contributed by atoms with Gasteiger partial charge in [-0.05, 0) is 146 Å². The Hall–Kier alpha value is -0.290. The van der Waals surface area contributed by atoms with Gasteiger partial charge in [-0.15, -0.1) is 0 Å². The van der Waals surface area contributed by atoms with Crippen LogP contribution in [0.2, 0.25) is 0 Å². The fourth-order valence-electron chi connectivity index (χ4n) is 13.8. The number of nitrogens with zero attached hydrogens (tertiary/aromatic N) is 2. The van der Waals surface area contributed by atoms with E-state index in [-0.39, 0.29) is 0 Å². The van der Waals surface area contributed by atoms with E-state index in [1.54, 1.807) is 11.1 Å². The van der Waals surface area contributed by atoms with Gasteiger partial charge in [0.15, 0.2) is 0 Å². The van der Waals surface area contributed by atoms with E-state index in [9.17, 15) is 0 Å². The van der Waals surface area contributed by atoms with Crippen LogP contribution in [0.15, 0.2) is 23.3 Å². The maximum atomic E-state index is 4.33. The molecule has 0 spiro atoms. The van der Waals surface area contributed by atoms with Crippen LogP contribution < -0.4 is 5.32 Å². The first kappa shape index (κ1) is 32.3. The largest absolute Gasteiger partial charge is 0.310 e. The molecule has 0 aromatic rings. The first-order chi connectivity index (χ1) is 21.0. The van der Waals surface area contributed by atoms with Crippen molar-refractivity contribution < 1.29 is 0 Å². The summed E-state index contributed by atoms with van der Waals surface area (Å²) in [6.45, 7) is 23.5. The van der Waals surface area contributed by atoms with Crippen LogP contribution in [0.3, 0.4) is 0 Å². The standard InChI is InChI=1S/C40H67N3S/c1-29-10-12-30(13-11-29)31-16-19-37(4)34(36(31,2)3)17-20-39(6)35(37)15-14-32-33-9-8-18-40(33,22-21-38(32,39)5)41-23-24-42-25-27-43(44-7)28-26-42/h12,16,29,32-35,41H,8-11,13-15,17-28H2,1-7H3/t29?,32?,33-,34?,35?,37?,38-,39?,40?/m1/s1. The zero-order chi connectivity index (χ0) is 31.0. The zero-order valence-corrected chi connectivity index (χ0v) is 30.6. The van der Waals surface area contributed by atoms with Crippen LogP contribution in [0.25, 0.3) is 0 Å². The van der Waals surface area contributed by atoms with Gasteiger partial charge in [-0.1, -0.05) is 72.1 Å². The van der Waals surface area contributed by atoms with Crippen LogP contribution in [0, 0.1) is 51.2 Å². The van der Waals surface area contributed by atoms with Crippen LogP contribution in [-0.2, 0) is 0 Å². The second-order valence-corrected chi connectivity index (χ2v) is 19.2. The molecule has 0 bridgehead atoms. The van der Waals surface area contributed by atoms with Gasteiger partial charge in [0.05, 0.1) is 0 Å². The molecular weight excluding hydrogens is 555 g/mol. The summed E-state index contributed by atoms with van der Waals surface area (Å²) in [7, 11) is 0. The van der Waals surface area contributed by atoms with Gasteiger partial charge < -0.3 is 5.32 Å². The van der Waals surface area contributed by atoms with E-state index < -0.39 is 0 Å². The minimum absolute atomic E-state index is 0.303. The zero-order valence-electron chi connectivity index (χ0n) is 29.8. The molecule has 5 fully saturated rings. The molecule has 6 aliphatic carbocycles. The van der Waals surface area contributed by atoms with Gasteiger partial charge in [0.25, 0.3) is 0 Å². The second kappa shape index (κ2) is 11.7. The highest BCUT2D eigenvalue weighted by atomic mass is 32.2. The third kappa shape index (κ3) is 4.91. The molecule has 0 amide bonds. The smallest absolute Gasteiger partial charge is 0.0218 e. The van der Waals surface area contributed by atoms with Gasteiger partial charge in [0.1, 0.15) is 0 Å². The average molecular weight is 622 g/mol. The number of rotatable bonds is 6. The minimum Gasteiger partial charge on any atom is -0.310 e. The van der Waals surface area contributed by atoms with Gasteiger partial charge in [0.2, 0.25) is 0 Å². The number of allylic oxidation sites excluding steroid dienone is 4. The normalized spacial score (nSPS) is 47.6. The van der Waals surface area contributed by atoms with Crippen LogP contribution in [0.4, 0.5) is 0 Å². The summed E-state index contributed by atoms with van der Waals surface area (Å²) in [5.41, 5.74) is 5.62. The Kier molecular flexibility index (Phi) is 8.58. The van der Waals surface area contributed by atoms with Gasteiger partial charge >= 0.3 is 0 Å². The van der Waals surface area contributed by atoms with Gasteiger partial charge in [-0.2, -0.15) is 0 Å². The Labute approximate surface area is 276 Å². The lowest BCUT2D eigenvalue weighted by Crippen LogP contribution is -2.67. The maximum absolute atomic E-state index is 4.33. The topological polar surface area (TPSA) is 18.5 Å². The van der Waals surface area contributed by atoms with E-state index in [0.717, 1.165) is 29.6 Å². The highest BCUT2D eigenvalue weighted by molar-refractivity contribution is 7.96. The molecule has 4 heteroatoms. The van der Waals surface area contributed by atoms with Crippen molar-refractivity contribution in [3.8, 4) is 0 Å². The number of hydrogen-bond donors (Lipinski definition) is 1. The van der Waals surface area contributed by atoms with Crippen LogP contribution in [-0.4, -0.2) is 60.3 Å². The monoisotopic (exact) mass is 622 g/mol. The fourth-order valence-corrected chi connectivity index (χ4v) is 14.4.